The Morgan fingerprint density at radius 1 is 1.28 bits per heavy atom. The van der Waals surface area contributed by atoms with Crippen LogP contribution in [0.2, 0.25) is 5.02 Å². The van der Waals surface area contributed by atoms with Crippen molar-refractivity contribution >= 4 is 28.8 Å². The second kappa shape index (κ2) is 8.71. The molecule has 0 unspecified atom stereocenters. The highest BCUT2D eigenvalue weighted by Gasteiger charge is 2.17. The Kier molecular flexibility index (Phi) is 5.87. The molecular weight excluding hydrogens is 412 g/mol. The van der Waals surface area contributed by atoms with E-state index in [1.54, 1.807) is 12.5 Å². The van der Waals surface area contributed by atoms with E-state index in [0.29, 0.717) is 48.4 Å². The molecule has 1 aromatic heterocycles. The molecule has 1 amide bonds. The SMILES string of the molecule is COc1ccccc1-c1nc(C(=O)NCCc2cc(Cl)c3c(c2)OCCO3)cs1. The van der Waals surface area contributed by atoms with Crippen LogP contribution < -0.4 is 19.5 Å². The Hall–Kier alpha value is -2.77. The third-order valence-electron chi connectivity index (χ3n) is 4.43. The molecular formula is C21H19ClN2O4S. The summed E-state index contributed by atoms with van der Waals surface area (Å²) in [6.07, 6.45) is 0.617. The smallest absolute Gasteiger partial charge is 0.270 e. The molecule has 6 nitrogen and oxygen atoms in total. The van der Waals surface area contributed by atoms with E-state index < -0.39 is 0 Å². The molecule has 0 atom stereocenters. The number of rotatable bonds is 6. The van der Waals surface area contributed by atoms with Crippen molar-refractivity contribution in [2.45, 2.75) is 6.42 Å². The van der Waals surface area contributed by atoms with Crippen LogP contribution in [0.4, 0.5) is 0 Å². The van der Waals surface area contributed by atoms with E-state index in [0.717, 1.165) is 21.9 Å². The van der Waals surface area contributed by atoms with E-state index in [2.05, 4.69) is 10.3 Å². The number of benzene rings is 2. The molecule has 8 heteroatoms. The second-order valence-corrected chi connectivity index (χ2v) is 7.61. The first-order valence-electron chi connectivity index (χ1n) is 9.11. The molecule has 0 saturated heterocycles. The first-order valence-corrected chi connectivity index (χ1v) is 10.4. The molecule has 1 N–H and O–H groups in total. The minimum atomic E-state index is -0.217. The lowest BCUT2D eigenvalue weighted by atomic mass is 10.1. The number of ether oxygens (including phenoxy) is 3. The molecule has 150 valence electrons. The van der Waals surface area contributed by atoms with Gasteiger partial charge in [0.2, 0.25) is 0 Å². The van der Waals surface area contributed by atoms with Gasteiger partial charge in [-0.05, 0) is 36.2 Å². The van der Waals surface area contributed by atoms with Crippen molar-refractivity contribution in [2.24, 2.45) is 0 Å². The van der Waals surface area contributed by atoms with Crippen molar-refractivity contribution < 1.29 is 19.0 Å². The molecule has 2 heterocycles. The standard InChI is InChI=1S/C21H19ClN2O4S/c1-26-17-5-3-2-4-14(17)21-24-16(12-29-21)20(25)23-7-6-13-10-15(22)19-18(11-13)27-8-9-28-19/h2-5,10-12H,6-9H2,1H3,(H,23,25). The van der Waals surface area contributed by atoms with Crippen molar-refractivity contribution in [2.75, 3.05) is 26.9 Å². The average molecular weight is 431 g/mol. The predicted molar refractivity (Wildman–Crippen MR) is 113 cm³/mol. The summed E-state index contributed by atoms with van der Waals surface area (Å²) in [7, 11) is 1.62. The van der Waals surface area contributed by atoms with Crippen molar-refractivity contribution in [1.82, 2.24) is 10.3 Å². The van der Waals surface area contributed by atoms with Gasteiger partial charge >= 0.3 is 0 Å². The van der Waals surface area contributed by atoms with Gasteiger partial charge in [-0.3, -0.25) is 4.79 Å². The first kappa shape index (κ1) is 19.5. The predicted octanol–water partition coefficient (Wildman–Crippen LogP) is 4.22. The number of thiazole rings is 1. The van der Waals surface area contributed by atoms with E-state index in [1.807, 2.05) is 36.4 Å². The highest BCUT2D eigenvalue weighted by Crippen LogP contribution is 2.38. The van der Waals surface area contributed by atoms with Gasteiger partial charge in [0.25, 0.3) is 5.91 Å². The molecule has 2 aromatic carbocycles. The number of aromatic nitrogens is 1. The number of para-hydroxylation sites is 1. The van der Waals surface area contributed by atoms with Gasteiger partial charge in [-0.2, -0.15) is 0 Å². The van der Waals surface area contributed by atoms with E-state index in [4.69, 9.17) is 25.8 Å². The van der Waals surface area contributed by atoms with Gasteiger partial charge in [0.1, 0.15) is 29.7 Å². The summed E-state index contributed by atoms with van der Waals surface area (Å²) in [5.41, 5.74) is 2.22. The third kappa shape index (κ3) is 4.31. The van der Waals surface area contributed by atoms with Gasteiger partial charge in [0.05, 0.1) is 17.7 Å². The first-order chi connectivity index (χ1) is 14.2. The fourth-order valence-electron chi connectivity index (χ4n) is 3.04. The Bertz CT molecular complexity index is 1040. The molecule has 0 bridgehead atoms. The Labute approximate surface area is 177 Å². The monoisotopic (exact) mass is 430 g/mol. The lowest BCUT2D eigenvalue weighted by Gasteiger charge is -2.20. The van der Waals surface area contributed by atoms with Crippen LogP contribution in [0.1, 0.15) is 16.1 Å². The van der Waals surface area contributed by atoms with Crippen molar-refractivity contribution in [3.63, 3.8) is 0 Å². The number of carbonyl (C=O) groups is 1. The number of nitrogens with one attached hydrogen (secondary N) is 1. The lowest BCUT2D eigenvalue weighted by molar-refractivity contribution is 0.0950. The van der Waals surface area contributed by atoms with Crippen LogP contribution in [0, 0.1) is 0 Å². The van der Waals surface area contributed by atoms with Gasteiger partial charge in [0.15, 0.2) is 11.5 Å². The fourth-order valence-corrected chi connectivity index (χ4v) is 4.16. The van der Waals surface area contributed by atoms with Crippen LogP contribution in [-0.2, 0) is 6.42 Å². The Morgan fingerprint density at radius 2 is 2.10 bits per heavy atom. The topological polar surface area (TPSA) is 69.7 Å². The van der Waals surface area contributed by atoms with Crippen LogP contribution in [0.3, 0.4) is 0 Å². The number of nitrogens with zero attached hydrogens (tertiary/aromatic N) is 1. The molecule has 3 aromatic rings. The molecule has 4 rings (SSSR count). The Balaban J connectivity index is 1.38. The highest BCUT2D eigenvalue weighted by atomic mass is 35.5. The van der Waals surface area contributed by atoms with Crippen LogP contribution in [0.25, 0.3) is 10.6 Å². The largest absolute Gasteiger partial charge is 0.496 e. The van der Waals surface area contributed by atoms with Gasteiger partial charge in [-0.15, -0.1) is 11.3 Å². The second-order valence-electron chi connectivity index (χ2n) is 6.35. The summed E-state index contributed by atoms with van der Waals surface area (Å²) in [4.78, 5) is 16.9. The lowest BCUT2D eigenvalue weighted by Crippen LogP contribution is -2.26. The number of halogens is 1. The minimum Gasteiger partial charge on any atom is -0.496 e. The van der Waals surface area contributed by atoms with Crippen molar-refractivity contribution in [3.05, 3.63) is 58.1 Å². The van der Waals surface area contributed by atoms with Gasteiger partial charge in [0, 0.05) is 11.9 Å². The van der Waals surface area contributed by atoms with E-state index in [1.165, 1.54) is 11.3 Å². The molecule has 0 aliphatic carbocycles. The van der Waals surface area contributed by atoms with E-state index >= 15 is 0 Å². The van der Waals surface area contributed by atoms with Crippen LogP contribution in [-0.4, -0.2) is 37.8 Å². The molecule has 0 spiro atoms. The maximum atomic E-state index is 12.5. The summed E-state index contributed by atoms with van der Waals surface area (Å²) in [5, 5.41) is 5.91. The van der Waals surface area contributed by atoms with Crippen LogP contribution in [0.15, 0.2) is 41.8 Å². The highest BCUT2D eigenvalue weighted by molar-refractivity contribution is 7.13. The van der Waals surface area contributed by atoms with Crippen molar-refractivity contribution in [3.8, 4) is 27.8 Å². The quantitative estimate of drug-likeness (QED) is 0.634. The summed E-state index contributed by atoms with van der Waals surface area (Å²) in [5.74, 6) is 1.73. The zero-order chi connectivity index (χ0) is 20.2. The number of hydrogen-bond acceptors (Lipinski definition) is 6. The van der Waals surface area contributed by atoms with E-state index in [-0.39, 0.29) is 5.91 Å². The van der Waals surface area contributed by atoms with Crippen LogP contribution >= 0.6 is 22.9 Å². The minimum absolute atomic E-state index is 0.217. The number of carbonyl (C=O) groups excluding carboxylic acids is 1. The molecule has 29 heavy (non-hydrogen) atoms. The van der Waals surface area contributed by atoms with Gasteiger partial charge in [-0.1, -0.05) is 23.7 Å². The number of methoxy groups -OCH3 is 1. The fraction of sp³-hybridized carbons (Fsp3) is 0.238. The Morgan fingerprint density at radius 3 is 2.97 bits per heavy atom. The van der Waals surface area contributed by atoms with E-state index in [9.17, 15) is 4.79 Å². The maximum absolute atomic E-state index is 12.5. The molecule has 0 radical (unpaired) electrons. The molecule has 0 saturated carbocycles. The number of hydrogen-bond donors (Lipinski definition) is 1. The molecule has 1 aliphatic heterocycles. The summed E-state index contributed by atoms with van der Waals surface area (Å²) >= 11 is 7.67. The van der Waals surface area contributed by atoms with Gasteiger partial charge < -0.3 is 19.5 Å². The molecule has 0 fully saturated rings. The number of amides is 1. The average Bonchev–Trinajstić information content (AvgIpc) is 3.24. The van der Waals surface area contributed by atoms with Crippen LogP contribution in [0.5, 0.6) is 17.2 Å². The zero-order valence-corrected chi connectivity index (χ0v) is 17.3. The normalized spacial score (nSPS) is 12.5. The molecule has 1 aliphatic rings. The summed E-state index contributed by atoms with van der Waals surface area (Å²) in [6.45, 7) is 1.45. The zero-order valence-electron chi connectivity index (χ0n) is 15.7. The third-order valence-corrected chi connectivity index (χ3v) is 5.59. The maximum Gasteiger partial charge on any atom is 0.270 e. The van der Waals surface area contributed by atoms with Crippen molar-refractivity contribution in [1.29, 1.82) is 0 Å². The summed E-state index contributed by atoms with van der Waals surface area (Å²) < 4.78 is 16.5. The number of fused-ring (bicyclic) bond motifs is 1. The van der Waals surface area contributed by atoms with Gasteiger partial charge in [-0.25, -0.2) is 4.98 Å². The summed E-state index contributed by atoms with van der Waals surface area (Å²) in [6, 6.07) is 11.3.